The molecule has 4 heteroatoms. The maximum atomic E-state index is 13.2. The van der Waals surface area contributed by atoms with E-state index in [2.05, 4.69) is 5.32 Å². The molecule has 1 N–H and O–H groups in total. The fourth-order valence-corrected chi connectivity index (χ4v) is 3.92. The molecule has 116 valence electrons. The van der Waals surface area contributed by atoms with Gasteiger partial charge in [0.25, 0.3) is 0 Å². The molecule has 0 amide bonds. The number of halogens is 2. The van der Waals surface area contributed by atoms with Gasteiger partial charge in [0.2, 0.25) is 0 Å². The number of hydrogen-bond donors (Lipinski definition) is 1. The van der Waals surface area contributed by atoms with Crippen LogP contribution in [0.5, 0.6) is 5.75 Å². The quantitative estimate of drug-likeness (QED) is 0.833. The van der Waals surface area contributed by atoms with E-state index in [4.69, 9.17) is 16.3 Å². The van der Waals surface area contributed by atoms with Crippen molar-refractivity contribution in [2.24, 2.45) is 5.41 Å². The van der Waals surface area contributed by atoms with Gasteiger partial charge in [-0.05, 0) is 36.5 Å². The lowest BCUT2D eigenvalue weighted by atomic mass is 9.75. The summed E-state index contributed by atoms with van der Waals surface area (Å²) >= 11 is 6.21. The summed E-state index contributed by atoms with van der Waals surface area (Å²) < 4.78 is 19.0. The minimum atomic E-state index is -0.186. The van der Waals surface area contributed by atoms with Crippen LogP contribution in [-0.2, 0) is 6.42 Å². The molecular weight excluding hydrogens is 289 g/mol. The minimum Gasteiger partial charge on any atom is -0.488 e. The standard InChI is InChI=1S/C17H23ClFNO/c18-11-17(6-2-1-3-7-17)12-20-10-15-9-13-8-14(19)4-5-16(13)21-15/h4-5,8,15,20H,1-3,6-7,9-12H2. The summed E-state index contributed by atoms with van der Waals surface area (Å²) in [4.78, 5) is 0. The van der Waals surface area contributed by atoms with Crippen molar-refractivity contribution in [3.05, 3.63) is 29.6 Å². The van der Waals surface area contributed by atoms with Gasteiger partial charge in [-0.15, -0.1) is 11.6 Å². The van der Waals surface area contributed by atoms with Crippen LogP contribution in [0.3, 0.4) is 0 Å². The van der Waals surface area contributed by atoms with Gasteiger partial charge < -0.3 is 10.1 Å². The van der Waals surface area contributed by atoms with Crippen LogP contribution in [0, 0.1) is 11.2 Å². The van der Waals surface area contributed by atoms with E-state index in [-0.39, 0.29) is 17.3 Å². The number of hydrogen-bond acceptors (Lipinski definition) is 2. The molecule has 1 saturated carbocycles. The molecule has 2 nitrogen and oxygen atoms in total. The zero-order chi connectivity index (χ0) is 14.7. The summed E-state index contributed by atoms with van der Waals surface area (Å²) in [6.45, 7) is 1.76. The molecule has 21 heavy (non-hydrogen) atoms. The lowest BCUT2D eigenvalue weighted by Crippen LogP contribution is -2.41. The maximum Gasteiger partial charge on any atom is 0.123 e. The van der Waals surface area contributed by atoms with Gasteiger partial charge in [0.05, 0.1) is 0 Å². The number of alkyl halides is 1. The lowest BCUT2D eigenvalue weighted by Gasteiger charge is -2.36. The van der Waals surface area contributed by atoms with Gasteiger partial charge in [0, 0.05) is 31.0 Å². The van der Waals surface area contributed by atoms with E-state index in [1.807, 2.05) is 0 Å². The number of nitrogens with one attached hydrogen (secondary N) is 1. The molecular formula is C17H23ClFNO. The highest BCUT2D eigenvalue weighted by atomic mass is 35.5. The Labute approximate surface area is 131 Å². The summed E-state index contributed by atoms with van der Waals surface area (Å²) in [6, 6.07) is 4.77. The Morgan fingerprint density at radius 1 is 1.29 bits per heavy atom. The van der Waals surface area contributed by atoms with Crippen LogP contribution in [0.4, 0.5) is 4.39 Å². The van der Waals surface area contributed by atoms with Crippen molar-refractivity contribution in [2.45, 2.75) is 44.6 Å². The van der Waals surface area contributed by atoms with E-state index in [1.165, 1.54) is 38.2 Å². The third kappa shape index (κ3) is 3.51. The highest BCUT2D eigenvalue weighted by Gasteiger charge is 2.31. The van der Waals surface area contributed by atoms with E-state index in [0.29, 0.717) is 0 Å². The fraction of sp³-hybridized carbons (Fsp3) is 0.647. The Balaban J connectivity index is 1.48. The van der Waals surface area contributed by atoms with Gasteiger partial charge in [-0.3, -0.25) is 0 Å². The van der Waals surface area contributed by atoms with Gasteiger partial charge in [-0.2, -0.15) is 0 Å². The topological polar surface area (TPSA) is 21.3 Å². The van der Waals surface area contributed by atoms with Gasteiger partial charge in [0.1, 0.15) is 17.7 Å². The molecule has 1 aromatic rings. The molecule has 3 rings (SSSR count). The largest absolute Gasteiger partial charge is 0.488 e. The van der Waals surface area contributed by atoms with Crippen LogP contribution in [0.2, 0.25) is 0 Å². The number of rotatable bonds is 5. The SMILES string of the molecule is Fc1ccc2c(c1)CC(CNCC1(CCl)CCCCC1)O2. The van der Waals surface area contributed by atoms with Crippen LogP contribution in [-0.4, -0.2) is 25.1 Å². The van der Waals surface area contributed by atoms with E-state index in [9.17, 15) is 4.39 Å². The van der Waals surface area contributed by atoms with Crippen molar-refractivity contribution in [1.29, 1.82) is 0 Å². The van der Waals surface area contributed by atoms with Gasteiger partial charge >= 0.3 is 0 Å². The first-order valence-electron chi connectivity index (χ1n) is 7.93. The molecule has 0 radical (unpaired) electrons. The van der Waals surface area contributed by atoms with E-state index in [0.717, 1.165) is 36.7 Å². The normalized spacial score (nSPS) is 23.6. The summed E-state index contributed by atoms with van der Waals surface area (Å²) in [6.07, 6.45) is 7.26. The van der Waals surface area contributed by atoms with E-state index >= 15 is 0 Å². The van der Waals surface area contributed by atoms with Gasteiger partial charge in [-0.1, -0.05) is 19.3 Å². The average molecular weight is 312 g/mol. The smallest absolute Gasteiger partial charge is 0.123 e. The zero-order valence-electron chi connectivity index (χ0n) is 12.3. The van der Waals surface area contributed by atoms with Crippen LogP contribution >= 0.6 is 11.6 Å². The molecule has 1 aromatic carbocycles. The highest BCUT2D eigenvalue weighted by molar-refractivity contribution is 6.18. The molecule has 0 aromatic heterocycles. The Morgan fingerprint density at radius 3 is 2.86 bits per heavy atom. The summed E-state index contributed by atoms with van der Waals surface area (Å²) in [7, 11) is 0. The van der Waals surface area contributed by atoms with Crippen molar-refractivity contribution in [2.75, 3.05) is 19.0 Å². The third-order valence-corrected chi connectivity index (χ3v) is 5.40. The van der Waals surface area contributed by atoms with E-state index < -0.39 is 0 Å². The summed E-state index contributed by atoms with van der Waals surface area (Å²) in [5.74, 6) is 1.37. The van der Waals surface area contributed by atoms with Crippen LogP contribution < -0.4 is 10.1 Å². The Kier molecular flexibility index (Phi) is 4.70. The number of benzene rings is 1. The number of ether oxygens (including phenoxy) is 1. The second-order valence-corrected chi connectivity index (χ2v) is 6.79. The maximum absolute atomic E-state index is 13.2. The van der Waals surface area contributed by atoms with Crippen molar-refractivity contribution in [1.82, 2.24) is 5.32 Å². The van der Waals surface area contributed by atoms with Crippen molar-refractivity contribution >= 4 is 11.6 Å². The number of fused-ring (bicyclic) bond motifs is 1. The summed E-state index contributed by atoms with van der Waals surface area (Å²) in [5, 5.41) is 3.54. The predicted octanol–water partition coefficient (Wildman–Crippen LogP) is 3.91. The van der Waals surface area contributed by atoms with Crippen LogP contribution in [0.25, 0.3) is 0 Å². The molecule has 1 fully saturated rings. The molecule has 1 aliphatic carbocycles. The Bertz CT molecular complexity index is 488. The highest BCUT2D eigenvalue weighted by Crippen LogP contribution is 2.37. The molecule has 2 aliphatic rings. The van der Waals surface area contributed by atoms with Crippen LogP contribution in [0.1, 0.15) is 37.7 Å². The lowest BCUT2D eigenvalue weighted by molar-refractivity contribution is 0.186. The molecule has 1 atom stereocenters. The molecule has 1 heterocycles. The molecule has 0 spiro atoms. The van der Waals surface area contributed by atoms with Crippen molar-refractivity contribution in [3.8, 4) is 5.75 Å². The molecule has 0 saturated heterocycles. The van der Waals surface area contributed by atoms with Gasteiger partial charge in [0.15, 0.2) is 0 Å². The monoisotopic (exact) mass is 311 g/mol. The predicted molar refractivity (Wildman–Crippen MR) is 83.6 cm³/mol. The average Bonchev–Trinajstić information content (AvgIpc) is 2.90. The summed E-state index contributed by atoms with van der Waals surface area (Å²) in [5.41, 5.74) is 1.24. The Morgan fingerprint density at radius 2 is 2.10 bits per heavy atom. The third-order valence-electron chi connectivity index (χ3n) is 4.83. The van der Waals surface area contributed by atoms with Gasteiger partial charge in [-0.25, -0.2) is 4.39 Å². The van der Waals surface area contributed by atoms with Crippen LogP contribution in [0.15, 0.2) is 18.2 Å². The molecule has 0 bridgehead atoms. The first kappa shape index (κ1) is 15.1. The second-order valence-electron chi connectivity index (χ2n) is 6.52. The molecule has 1 aliphatic heterocycles. The Hall–Kier alpha value is -0.800. The minimum absolute atomic E-state index is 0.109. The first-order chi connectivity index (χ1) is 10.2. The fourth-order valence-electron chi connectivity index (χ4n) is 3.56. The van der Waals surface area contributed by atoms with Crippen molar-refractivity contribution in [3.63, 3.8) is 0 Å². The van der Waals surface area contributed by atoms with E-state index in [1.54, 1.807) is 12.1 Å². The van der Waals surface area contributed by atoms with Crippen molar-refractivity contribution < 1.29 is 9.13 Å². The first-order valence-corrected chi connectivity index (χ1v) is 8.46. The zero-order valence-corrected chi connectivity index (χ0v) is 13.1. The molecule has 1 unspecified atom stereocenters. The second kappa shape index (κ2) is 6.53.